The first kappa shape index (κ1) is 19.2. The smallest absolute Gasteiger partial charge is 0.253 e. The van der Waals surface area contributed by atoms with Crippen molar-refractivity contribution in [2.75, 3.05) is 5.32 Å². The van der Waals surface area contributed by atoms with E-state index in [-0.39, 0.29) is 16.0 Å². The Morgan fingerprint density at radius 2 is 1.81 bits per heavy atom. The molecule has 0 aliphatic carbocycles. The topological polar surface area (TPSA) is 72.2 Å². The minimum atomic E-state index is -0.475. The van der Waals surface area contributed by atoms with Gasteiger partial charge in [0.25, 0.3) is 5.78 Å². The first-order valence-corrected chi connectivity index (χ1v) is 9.59. The molecule has 0 fully saturated rings. The average molecular weight is 431 g/mol. The summed E-state index contributed by atoms with van der Waals surface area (Å²) in [5.41, 5.74) is 2.10. The van der Waals surface area contributed by atoms with Crippen LogP contribution in [0, 0.1) is 13.8 Å². The van der Waals surface area contributed by atoms with Gasteiger partial charge in [-0.3, -0.25) is 4.79 Å². The Bertz CT molecular complexity index is 984. The number of carbonyl (C=O) groups excluding carboxylic acids is 1. The Labute approximate surface area is 169 Å². The zero-order chi connectivity index (χ0) is 19.0. The highest BCUT2D eigenvalue weighted by Gasteiger charge is 2.20. The average Bonchev–Trinajstić information content (AvgIpc) is 2.93. The van der Waals surface area contributed by atoms with E-state index in [1.54, 1.807) is 11.4 Å². The monoisotopic (exact) mass is 429 g/mol. The number of rotatable bonds is 4. The summed E-state index contributed by atoms with van der Waals surface area (Å²) in [6.07, 6.45) is 0. The molecule has 136 valence electrons. The lowest BCUT2D eigenvalue weighted by atomic mass is 10.3. The molecule has 0 aliphatic heterocycles. The van der Waals surface area contributed by atoms with Gasteiger partial charge >= 0.3 is 0 Å². The van der Waals surface area contributed by atoms with Gasteiger partial charge in [0.15, 0.2) is 0 Å². The van der Waals surface area contributed by atoms with Gasteiger partial charge in [0.1, 0.15) is 0 Å². The van der Waals surface area contributed by atoms with Crippen LogP contribution in [0.5, 0.6) is 0 Å². The second-order valence-electron chi connectivity index (χ2n) is 5.64. The maximum absolute atomic E-state index is 12.5. The van der Waals surface area contributed by atoms with E-state index in [9.17, 15) is 4.79 Å². The van der Waals surface area contributed by atoms with Gasteiger partial charge in [-0.05, 0) is 39.0 Å². The zero-order valence-electron chi connectivity index (χ0n) is 14.0. The Hall–Kier alpha value is -1.54. The summed E-state index contributed by atoms with van der Waals surface area (Å²) in [5, 5.41) is 8.03. The van der Waals surface area contributed by atoms with Gasteiger partial charge in [0.2, 0.25) is 11.1 Å². The molecule has 2 heterocycles. The largest absolute Gasteiger partial charge is 0.323 e. The lowest BCUT2D eigenvalue weighted by Gasteiger charge is -2.13. The summed E-state index contributed by atoms with van der Waals surface area (Å²) in [6, 6.07) is 4.95. The van der Waals surface area contributed by atoms with E-state index < -0.39 is 5.25 Å². The van der Waals surface area contributed by atoms with E-state index in [4.69, 9.17) is 34.8 Å². The van der Waals surface area contributed by atoms with Crippen molar-refractivity contribution in [2.24, 2.45) is 0 Å². The van der Waals surface area contributed by atoms with Crippen molar-refractivity contribution in [3.63, 3.8) is 0 Å². The Morgan fingerprint density at radius 1 is 1.15 bits per heavy atom. The molecule has 0 radical (unpaired) electrons. The summed E-state index contributed by atoms with van der Waals surface area (Å²) >= 11 is 19.3. The van der Waals surface area contributed by atoms with Crippen molar-refractivity contribution in [3.05, 3.63) is 44.7 Å². The van der Waals surface area contributed by atoms with Crippen LogP contribution in [-0.4, -0.2) is 30.7 Å². The first-order chi connectivity index (χ1) is 12.2. The fraction of sp³-hybridized carbons (Fsp3) is 0.250. The zero-order valence-corrected chi connectivity index (χ0v) is 17.1. The molecule has 26 heavy (non-hydrogen) atoms. The minimum Gasteiger partial charge on any atom is -0.323 e. The van der Waals surface area contributed by atoms with Crippen LogP contribution in [0.1, 0.15) is 18.3 Å². The number of nitrogens with one attached hydrogen (secondary N) is 1. The lowest BCUT2D eigenvalue weighted by molar-refractivity contribution is -0.115. The Kier molecular flexibility index (Phi) is 5.62. The van der Waals surface area contributed by atoms with Gasteiger partial charge in [-0.1, -0.05) is 46.6 Å². The molecule has 1 aromatic carbocycles. The number of hydrogen-bond acceptors (Lipinski definition) is 5. The van der Waals surface area contributed by atoms with Gasteiger partial charge in [-0.2, -0.15) is 4.98 Å². The number of thioether (sulfide) groups is 1. The number of halogens is 3. The third-order valence-electron chi connectivity index (χ3n) is 3.51. The quantitative estimate of drug-likeness (QED) is 0.601. The van der Waals surface area contributed by atoms with Crippen molar-refractivity contribution in [3.8, 4) is 0 Å². The molecule has 2 aromatic heterocycles. The van der Waals surface area contributed by atoms with E-state index in [1.807, 2.05) is 19.9 Å². The number of carbonyl (C=O) groups is 1. The van der Waals surface area contributed by atoms with E-state index in [1.165, 1.54) is 23.9 Å². The van der Waals surface area contributed by atoms with Gasteiger partial charge < -0.3 is 5.32 Å². The van der Waals surface area contributed by atoms with Crippen molar-refractivity contribution < 1.29 is 4.79 Å². The Morgan fingerprint density at radius 3 is 2.46 bits per heavy atom. The van der Waals surface area contributed by atoms with Crippen LogP contribution in [0.15, 0.2) is 23.4 Å². The van der Waals surface area contributed by atoms with Crippen molar-refractivity contribution in [1.82, 2.24) is 19.6 Å². The van der Waals surface area contributed by atoms with Gasteiger partial charge in [0.05, 0.1) is 21.0 Å². The minimum absolute atomic E-state index is 0.272. The Balaban J connectivity index is 1.77. The predicted octanol–water partition coefficient (Wildman–Crippen LogP) is 4.82. The van der Waals surface area contributed by atoms with Gasteiger partial charge in [0, 0.05) is 16.4 Å². The number of aromatic nitrogens is 4. The van der Waals surface area contributed by atoms with Crippen molar-refractivity contribution in [1.29, 1.82) is 0 Å². The molecule has 0 aliphatic rings. The summed E-state index contributed by atoms with van der Waals surface area (Å²) in [5.74, 6) is 0.224. The fourth-order valence-electron chi connectivity index (χ4n) is 2.30. The lowest BCUT2D eigenvalue weighted by Crippen LogP contribution is -2.23. The van der Waals surface area contributed by atoms with Crippen LogP contribution < -0.4 is 5.32 Å². The molecular weight excluding hydrogens is 417 g/mol. The fourth-order valence-corrected chi connectivity index (χ4v) is 3.95. The molecule has 0 spiro atoms. The third-order valence-corrected chi connectivity index (χ3v) is 5.27. The molecule has 1 amide bonds. The third kappa shape index (κ3) is 4.06. The van der Waals surface area contributed by atoms with Crippen LogP contribution in [0.4, 0.5) is 5.69 Å². The molecule has 3 rings (SSSR count). The second-order valence-corrected chi connectivity index (χ2v) is 8.20. The molecule has 10 heteroatoms. The molecular formula is C16H14Cl3N5OS. The molecule has 6 nitrogen and oxygen atoms in total. The van der Waals surface area contributed by atoms with Crippen molar-refractivity contribution in [2.45, 2.75) is 31.2 Å². The van der Waals surface area contributed by atoms with Crippen LogP contribution in [0.3, 0.4) is 0 Å². The molecule has 1 N–H and O–H groups in total. The molecule has 0 bridgehead atoms. The number of amides is 1. The van der Waals surface area contributed by atoms with E-state index in [0.717, 1.165) is 11.4 Å². The number of anilines is 1. The summed E-state index contributed by atoms with van der Waals surface area (Å²) < 4.78 is 1.65. The number of aryl methyl sites for hydroxylation is 2. The summed E-state index contributed by atoms with van der Waals surface area (Å²) in [6.45, 7) is 5.56. The van der Waals surface area contributed by atoms with Crippen LogP contribution in [0.25, 0.3) is 5.78 Å². The predicted molar refractivity (Wildman–Crippen MR) is 106 cm³/mol. The second kappa shape index (κ2) is 7.60. The molecule has 0 saturated heterocycles. The summed E-state index contributed by atoms with van der Waals surface area (Å²) in [4.78, 5) is 21.2. The summed E-state index contributed by atoms with van der Waals surface area (Å²) in [7, 11) is 0. The van der Waals surface area contributed by atoms with Crippen LogP contribution in [0.2, 0.25) is 15.1 Å². The standard InChI is InChI=1S/C16H14Cl3N5OS/c1-7-4-8(2)24-15(20-7)22-16(23-24)26-9(3)14(25)21-13-11(18)5-10(17)6-12(13)19/h4-6,9H,1-3H3,(H,21,25)/t9-/m0/s1. The van der Waals surface area contributed by atoms with Crippen LogP contribution >= 0.6 is 46.6 Å². The SMILES string of the molecule is Cc1cc(C)n2nc(S[C@@H](C)C(=O)Nc3c(Cl)cc(Cl)cc3Cl)nc2n1. The molecule has 3 aromatic rings. The molecule has 0 unspecified atom stereocenters. The van der Waals surface area contributed by atoms with E-state index in [2.05, 4.69) is 20.4 Å². The number of nitrogens with zero attached hydrogens (tertiary/aromatic N) is 4. The molecule has 1 atom stereocenters. The number of benzene rings is 1. The van der Waals surface area contributed by atoms with Gasteiger partial charge in [-0.15, -0.1) is 5.10 Å². The van der Waals surface area contributed by atoms with Crippen molar-refractivity contribution >= 4 is 63.9 Å². The normalized spacial score (nSPS) is 12.4. The maximum atomic E-state index is 12.5. The molecule has 0 saturated carbocycles. The highest BCUT2D eigenvalue weighted by molar-refractivity contribution is 8.00. The first-order valence-electron chi connectivity index (χ1n) is 7.57. The van der Waals surface area contributed by atoms with Crippen LogP contribution in [-0.2, 0) is 4.79 Å². The number of hydrogen-bond donors (Lipinski definition) is 1. The van der Waals surface area contributed by atoms with E-state index in [0.29, 0.717) is 21.6 Å². The van der Waals surface area contributed by atoms with E-state index >= 15 is 0 Å². The highest BCUT2D eigenvalue weighted by Crippen LogP contribution is 2.34. The highest BCUT2D eigenvalue weighted by atomic mass is 35.5. The van der Waals surface area contributed by atoms with Gasteiger partial charge in [-0.25, -0.2) is 9.50 Å². The maximum Gasteiger partial charge on any atom is 0.253 e. The number of fused-ring (bicyclic) bond motifs is 1.